The molecule has 1 aliphatic heterocycles. The number of hydrogen-bond acceptors (Lipinski definition) is 9. The minimum Gasteiger partial charge on any atom is -0.493 e. The summed E-state index contributed by atoms with van der Waals surface area (Å²) < 4.78 is 23.4. The number of methoxy groups -OCH3 is 2. The highest BCUT2D eigenvalue weighted by Crippen LogP contribution is 2.38. The van der Waals surface area contributed by atoms with Crippen molar-refractivity contribution in [3.8, 4) is 28.7 Å². The van der Waals surface area contributed by atoms with Crippen molar-refractivity contribution in [3.63, 3.8) is 0 Å². The summed E-state index contributed by atoms with van der Waals surface area (Å²) in [5.74, 6) is 5.88. The molecule has 1 aromatic heterocycles. The average molecular weight is 647 g/mol. The van der Waals surface area contributed by atoms with Gasteiger partial charge in [-0.1, -0.05) is 39.8 Å². The zero-order valence-corrected chi connectivity index (χ0v) is 29.3. The molecule has 0 bridgehead atoms. The maximum atomic E-state index is 6.19. The lowest BCUT2D eigenvalue weighted by Crippen LogP contribution is -2.32. The van der Waals surface area contributed by atoms with E-state index >= 15 is 0 Å². The number of ether oxygens (including phenoxy) is 4. The van der Waals surface area contributed by atoms with Gasteiger partial charge in [-0.05, 0) is 74.8 Å². The van der Waals surface area contributed by atoms with Gasteiger partial charge < -0.3 is 29.2 Å². The second-order valence-electron chi connectivity index (χ2n) is 10.2. The number of fused-ring (bicyclic) bond motifs is 1. The van der Waals surface area contributed by atoms with E-state index in [0.717, 1.165) is 40.8 Å². The predicted octanol–water partition coefficient (Wildman–Crippen LogP) is 9.25. The number of nitrogens with zero attached hydrogens (tertiary/aromatic N) is 3. The van der Waals surface area contributed by atoms with Crippen LogP contribution in [0.1, 0.15) is 46.1 Å². The summed E-state index contributed by atoms with van der Waals surface area (Å²) in [5.41, 5.74) is 3.52. The molecule has 9 heteroatoms. The summed E-state index contributed by atoms with van der Waals surface area (Å²) >= 11 is 2.04. The molecule has 1 atom stereocenters. The van der Waals surface area contributed by atoms with E-state index in [1.54, 1.807) is 14.2 Å². The summed E-state index contributed by atoms with van der Waals surface area (Å²) in [6.45, 7) is 13.7. The zero-order chi connectivity index (χ0) is 33.3. The van der Waals surface area contributed by atoms with Gasteiger partial charge in [-0.3, -0.25) is 9.98 Å². The maximum Gasteiger partial charge on any atom is 0.169 e. The third-order valence-corrected chi connectivity index (χ3v) is 8.52. The van der Waals surface area contributed by atoms with Crippen molar-refractivity contribution in [2.24, 2.45) is 4.99 Å². The number of hydrogen-bond donors (Lipinski definition) is 1. The lowest BCUT2D eigenvalue weighted by atomic mass is 10.1. The van der Waals surface area contributed by atoms with Gasteiger partial charge in [0.15, 0.2) is 23.0 Å². The van der Waals surface area contributed by atoms with Gasteiger partial charge in [0.25, 0.3) is 0 Å². The van der Waals surface area contributed by atoms with Gasteiger partial charge >= 0.3 is 0 Å². The van der Waals surface area contributed by atoms with E-state index in [0.29, 0.717) is 47.9 Å². The van der Waals surface area contributed by atoms with Crippen molar-refractivity contribution >= 4 is 40.8 Å². The SMILES string of the molecule is C=NCc1cnc2cc(OCCCN(C)C3CCSC3)c(OC)cc2c1Nc1ccc(Oc2ccccc2OC)cc1.CC.CC. The molecule has 0 saturated carbocycles. The van der Waals surface area contributed by atoms with Crippen LogP contribution in [0.5, 0.6) is 28.7 Å². The number of thioether (sulfide) groups is 1. The highest BCUT2D eigenvalue weighted by Gasteiger charge is 2.20. The van der Waals surface area contributed by atoms with Crippen molar-refractivity contribution in [2.75, 3.05) is 51.2 Å². The number of benzene rings is 3. The first-order valence-corrected chi connectivity index (χ1v) is 17.3. The van der Waals surface area contributed by atoms with Crippen molar-refractivity contribution in [1.29, 1.82) is 0 Å². The highest BCUT2D eigenvalue weighted by molar-refractivity contribution is 7.99. The standard InChI is InChI=1S/C33H38N4O4S.2C2H6/c1-34-20-23-21-35-28-19-32(40-16-7-15-37(2)25-14-17-42-22-25)31(39-4)18-27(28)33(23)36-24-10-12-26(13-11-24)41-30-9-6-5-8-29(30)38-3;2*1-2/h5-6,8-13,18-19,21,25H,1,7,14-17,20,22H2,2-4H3,(H,35,36);2*1-2H3. The Kier molecular flexibility index (Phi) is 15.5. The van der Waals surface area contributed by atoms with Crippen molar-refractivity contribution < 1.29 is 18.9 Å². The minimum atomic E-state index is 0.424. The maximum absolute atomic E-state index is 6.19. The first-order chi connectivity index (χ1) is 22.6. The fourth-order valence-electron chi connectivity index (χ4n) is 5.03. The van der Waals surface area contributed by atoms with Crippen LogP contribution in [-0.4, -0.2) is 68.6 Å². The van der Waals surface area contributed by atoms with Gasteiger partial charge in [-0.25, -0.2) is 0 Å². The molecule has 8 nitrogen and oxygen atoms in total. The van der Waals surface area contributed by atoms with Crippen LogP contribution >= 0.6 is 11.8 Å². The first-order valence-electron chi connectivity index (χ1n) is 16.1. The van der Waals surface area contributed by atoms with Crippen LogP contribution in [0, 0.1) is 0 Å². The molecule has 1 N–H and O–H groups in total. The summed E-state index contributed by atoms with van der Waals surface area (Å²) in [6, 6.07) is 20.0. The van der Waals surface area contributed by atoms with Gasteiger partial charge in [-0.15, -0.1) is 0 Å². The monoisotopic (exact) mass is 646 g/mol. The molecule has 1 saturated heterocycles. The number of anilines is 2. The van der Waals surface area contributed by atoms with Crippen LogP contribution in [0.25, 0.3) is 10.9 Å². The Morgan fingerprint density at radius 3 is 2.33 bits per heavy atom. The van der Waals surface area contributed by atoms with E-state index in [-0.39, 0.29) is 0 Å². The minimum absolute atomic E-state index is 0.424. The number of rotatable bonds is 14. The molecule has 0 radical (unpaired) electrons. The molecule has 46 heavy (non-hydrogen) atoms. The summed E-state index contributed by atoms with van der Waals surface area (Å²) in [6.07, 6.45) is 4.05. The molecular weight excluding hydrogens is 596 g/mol. The van der Waals surface area contributed by atoms with Crippen LogP contribution in [0.4, 0.5) is 11.4 Å². The third-order valence-electron chi connectivity index (χ3n) is 7.38. The molecule has 0 amide bonds. The largest absolute Gasteiger partial charge is 0.493 e. The van der Waals surface area contributed by atoms with Gasteiger partial charge in [0, 0.05) is 47.2 Å². The lowest BCUT2D eigenvalue weighted by Gasteiger charge is -2.23. The molecule has 0 spiro atoms. The highest BCUT2D eigenvalue weighted by atomic mass is 32.2. The van der Waals surface area contributed by atoms with E-state index in [9.17, 15) is 0 Å². The summed E-state index contributed by atoms with van der Waals surface area (Å²) in [7, 11) is 5.50. The van der Waals surface area contributed by atoms with E-state index in [2.05, 4.69) is 29.0 Å². The smallest absolute Gasteiger partial charge is 0.169 e. The molecule has 1 unspecified atom stereocenters. The van der Waals surface area contributed by atoms with E-state index in [1.165, 1.54) is 17.9 Å². The Hall–Kier alpha value is -3.95. The van der Waals surface area contributed by atoms with Crippen molar-refractivity contribution in [1.82, 2.24) is 9.88 Å². The van der Waals surface area contributed by atoms with E-state index in [4.69, 9.17) is 23.9 Å². The number of para-hydroxylation sites is 2. The topological polar surface area (TPSA) is 77.4 Å². The quantitative estimate of drug-likeness (QED) is 0.107. The Labute approximate surface area is 279 Å². The normalized spacial score (nSPS) is 13.6. The second kappa shape index (κ2) is 19.5. The Balaban J connectivity index is 0.00000139. The van der Waals surface area contributed by atoms with Gasteiger partial charge in [0.2, 0.25) is 0 Å². The third kappa shape index (κ3) is 9.77. The second-order valence-corrected chi connectivity index (χ2v) is 11.3. The number of nitrogens with one attached hydrogen (secondary N) is 1. The van der Waals surface area contributed by atoms with Gasteiger partial charge in [0.05, 0.1) is 38.6 Å². The predicted molar refractivity (Wildman–Crippen MR) is 196 cm³/mol. The average Bonchev–Trinajstić information content (AvgIpc) is 3.66. The van der Waals surface area contributed by atoms with Crippen LogP contribution in [0.2, 0.25) is 0 Å². The first kappa shape index (κ1) is 36.5. The fraction of sp³-hybridized carbons (Fsp3) is 0.405. The van der Waals surface area contributed by atoms with Crippen molar-refractivity contribution in [3.05, 3.63) is 72.4 Å². The fourth-order valence-corrected chi connectivity index (χ4v) is 6.33. The molecule has 248 valence electrons. The van der Waals surface area contributed by atoms with Crippen LogP contribution in [0.3, 0.4) is 0 Å². The number of aromatic nitrogens is 1. The summed E-state index contributed by atoms with van der Waals surface area (Å²) in [5, 5.41) is 4.47. The molecule has 3 aromatic carbocycles. The number of pyridine rings is 1. The van der Waals surface area contributed by atoms with Gasteiger partial charge in [-0.2, -0.15) is 11.8 Å². The van der Waals surface area contributed by atoms with E-state index in [1.807, 2.05) is 106 Å². The zero-order valence-electron chi connectivity index (χ0n) is 28.5. The Morgan fingerprint density at radius 2 is 1.67 bits per heavy atom. The van der Waals surface area contributed by atoms with Crippen molar-refractivity contribution in [2.45, 2.75) is 53.1 Å². The Bertz CT molecular complexity index is 1490. The van der Waals surface area contributed by atoms with Crippen LogP contribution in [-0.2, 0) is 6.54 Å². The van der Waals surface area contributed by atoms with Gasteiger partial charge in [0.1, 0.15) is 5.75 Å². The molecular formula is C37H50N4O4S. The van der Waals surface area contributed by atoms with Crippen LogP contribution in [0.15, 0.2) is 71.9 Å². The molecule has 1 fully saturated rings. The molecule has 5 rings (SSSR count). The van der Waals surface area contributed by atoms with E-state index < -0.39 is 0 Å². The lowest BCUT2D eigenvalue weighted by molar-refractivity contribution is 0.223. The summed E-state index contributed by atoms with van der Waals surface area (Å²) in [4.78, 5) is 11.3. The van der Waals surface area contributed by atoms with Crippen LogP contribution < -0.4 is 24.3 Å². The molecule has 1 aliphatic rings. The Morgan fingerprint density at radius 1 is 0.957 bits per heavy atom. The number of aliphatic imine (C=N–C) groups is 1. The molecule has 0 aliphatic carbocycles. The molecule has 4 aromatic rings. The molecule has 2 heterocycles.